The molecule has 1 saturated heterocycles. The Bertz CT molecular complexity index is 1070. The summed E-state index contributed by atoms with van der Waals surface area (Å²) in [6.45, 7) is 1.99. The molecule has 1 heterocycles. The van der Waals surface area contributed by atoms with E-state index in [0.29, 0.717) is 26.2 Å². The number of rotatable bonds is 5. The summed E-state index contributed by atoms with van der Waals surface area (Å²) in [5.74, 6) is -0.648. The van der Waals surface area contributed by atoms with Gasteiger partial charge in [-0.05, 0) is 49.2 Å². The summed E-state index contributed by atoms with van der Waals surface area (Å²) >= 11 is 12.3. The van der Waals surface area contributed by atoms with E-state index in [9.17, 15) is 17.6 Å². The van der Waals surface area contributed by atoms with E-state index in [1.165, 1.54) is 24.3 Å². The molecule has 2 fully saturated rings. The van der Waals surface area contributed by atoms with Gasteiger partial charge >= 0.3 is 0 Å². The maximum Gasteiger partial charge on any atom is 0.255 e. The lowest BCUT2D eigenvalue weighted by Crippen LogP contribution is -2.48. The van der Waals surface area contributed by atoms with Crippen LogP contribution < -0.4 is 9.62 Å². The lowest BCUT2D eigenvalue weighted by molar-refractivity contribution is 0.0746. The third kappa shape index (κ3) is 4.56. The topological polar surface area (TPSA) is 69.7 Å². The van der Waals surface area contributed by atoms with Gasteiger partial charge in [-0.25, -0.2) is 17.5 Å². The molecule has 0 bridgehead atoms. The quantitative estimate of drug-likeness (QED) is 0.723. The molecule has 0 aromatic heterocycles. The van der Waals surface area contributed by atoms with Gasteiger partial charge in [0.1, 0.15) is 10.7 Å². The zero-order chi connectivity index (χ0) is 21.5. The molecule has 30 heavy (non-hydrogen) atoms. The average molecular weight is 472 g/mol. The molecule has 1 N–H and O–H groups in total. The SMILES string of the molecule is O=C(c1cc(S(=O)(=O)NC2CC2)c(Cl)cc1Cl)N1CCN(c2ccc(F)cc2)CC1. The number of nitrogens with one attached hydrogen (secondary N) is 1. The van der Waals surface area contributed by atoms with E-state index in [1.54, 1.807) is 17.0 Å². The van der Waals surface area contributed by atoms with Crippen molar-refractivity contribution < 1.29 is 17.6 Å². The van der Waals surface area contributed by atoms with Crippen molar-refractivity contribution in [2.75, 3.05) is 31.1 Å². The van der Waals surface area contributed by atoms with Gasteiger partial charge in [-0.15, -0.1) is 0 Å². The van der Waals surface area contributed by atoms with Crippen molar-refractivity contribution in [3.63, 3.8) is 0 Å². The molecule has 0 unspecified atom stereocenters. The van der Waals surface area contributed by atoms with E-state index in [4.69, 9.17) is 23.2 Å². The summed E-state index contributed by atoms with van der Waals surface area (Å²) in [6, 6.07) is 8.67. The fourth-order valence-electron chi connectivity index (χ4n) is 3.37. The summed E-state index contributed by atoms with van der Waals surface area (Å²) in [5.41, 5.74) is 0.986. The van der Waals surface area contributed by atoms with Crippen LogP contribution in [-0.2, 0) is 10.0 Å². The Hall–Kier alpha value is -1.87. The Morgan fingerprint density at radius 3 is 2.23 bits per heavy atom. The van der Waals surface area contributed by atoms with E-state index >= 15 is 0 Å². The average Bonchev–Trinajstić information content (AvgIpc) is 3.51. The molecule has 0 spiro atoms. The van der Waals surface area contributed by atoms with Gasteiger partial charge in [0.25, 0.3) is 5.91 Å². The molecule has 2 aromatic carbocycles. The van der Waals surface area contributed by atoms with Crippen LogP contribution in [0.2, 0.25) is 10.0 Å². The first-order chi connectivity index (χ1) is 14.2. The lowest BCUT2D eigenvalue weighted by Gasteiger charge is -2.36. The highest BCUT2D eigenvalue weighted by atomic mass is 35.5. The van der Waals surface area contributed by atoms with Crippen molar-refractivity contribution in [3.8, 4) is 0 Å². The number of halogens is 3. The molecular formula is C20H20Cl2FN3O3S. The van der Waals surface area contributed by atoms with E-state index in [0.717, 1.165) is 18.5 Å². The first kappa shape index (κ1) is 21.4. The van der Waals surface area contributed by atoms with Crippen LogP contribution in [0.25, 0.3) is 0 Å². The molecule has 1 saturated carbocycles. The largest absolute Gasteiger partial charge is 0.368 e. The van der Waals surface area contributed by atoms with E-state index in [-0.39, 0.29) is 38.3 Å². The molecule has 0 radical (unpaired) electrons. The summed E-state index contributed by atoms with van der Waals surface area (Å²) in [7, 11) is -3.83. The predicted molar refractivity (Wildman–Crippen MR) is 114 cm³/mol. The van der Waals surface area contributed by atoms with Crippen LogP contribution >= 0.6 is 23.2 Å². The van der Waals surface area contributed by atoms with Gasteiger partial charge in [0.2, 0.25) is 10.0 Å². The van der Waals surface area contributed by atoms with Gasteiger partial charge in [-0.2, -0.15) is 0 Å². The Morgan fingerprint density at radius 2 is 1.63 bits per heavy atom. The summed E-state index contributed by atoms with van der Waals surface area (Å²) in [4.78, 5) is 16.6. The highest BCUT2D eigenvalue weighted by Crippen LogP contribution is 2.31. The fraction of sp³-hybridized carbons (Fsp3) is 0.350. The van der Waals surface area contributed by atoms with Gasteiger partial charge in [0.15, 0.2) is 0 Å². The number of nitrogens with zero attached hydrogens (tertiary/aromatic N) is 2. The van der Waals surface area contributed by atoms with Crippen LogP contribution in [0.15, 0.2) is 41.3 Å². The third-order valence-corrected chi connectivity index (χ3v) is 7.50. The summed E-state index contributed by atoms with van der Waals surface area (Å²) in [6.07, 6.45) is 1.57. The molecule has 2 aromatic rings. The monoisotopic (exact) mass is 471 g/mol. The number of hydrogen-bond acceptors (Lipinski definition) is 4. The highest BCUT2D eigenvalue weighted by Gasteiger charge is 2.31. The molecule has 0 atom stereocenters. The number of anilines is 1. The van der Waals surface area contributed by atoms with Crippen LogP contribution in [0.5, 0.6) is 0 Å². The van der Waals surface area contributed by atoms with E-state index in [2.05, 4.69) is 9.62 Å². The van der Waals surface area contributed by atoms with E-state index in [1.807, 2.05) is 0 Å². The van der Waals surface area contributed by atoms with Crippen molar-refractivity contribution in [1.82, 2.24) is 9.62 Å². The summed E-state index contributed by atoms with van der Waals surface area (Å²) in [5, 5.41) is 0.0853. The lowest BCUT2D eigenvalue weighted by atomic mass is 10.1. The Morgan fingerprint density at radius 1 is 1.00 bits per heavy atom. The van der Waals surface area contributed by atoms with Crippen LogP contribution in [0.4, 0.5) is 10.1 Å². The number of carbonyl (C=O) groups is 1. The van der Waals surface area contributed by atoms with Crippen LogP contribution in [0, 0.1) is 5.82 Å². The molecule has 2 aliphatic rings. The van der Waals surface area contributed by atoms with Crippen molar-refractivity contribution in [3.05, 3.63) is 57.8 Å². The number of amides is 1. The fourth-order valence-corrected chi connectivity index (χ4v) is 5.53. The first-order valence-electron chi connectivity index (χ1n) is 9.56. The second kappa shape index (κ2) is 8.34. The van der Waals surface area contributed by atoms with Gasteiger partial charge < -0.3 is 9.80 Å². The van der Waals surface area contributed by atoms with Gasteiger partial charge in [-0.1, -0.05) is 23.2 Å². The minimum absolute atomic E-state index is 0.0224. The third-order valence-electron chi connectivity index (χ3n) is 5.20. The van der Waals surface area contributed by atoms with Gasteiger partial charge in [0, 0.05) is 37.9 Å². The first-order valence-corrected chi connectivity index (χ1v) is 11.8. The molecule has 1 aliphatic heterocycles. The molecule has 10 heteroatoms. The maximum absolute atomic E-state index is 13.1. The van der Waals surface area contributed by atoms with Crippen molar-refractivity contribution >= 4 is 44.8 Å². The predicted octanol–water partition coefficient (Wildman–Crippen LogP) is 3.54. The minimum atomic E-state index is -3.83. The highest BCUT2D eigenvalue weighted by molar-refractivity contribution is 7.89. The minimum Gasteiger partial charge on any atom is -0.368 e. The van der Waals surface area contributed by atoms with Crippen LogP contribution in [0.1, 0.15) is 23.2 Å². The molecule has 160 valence electrons. The Kier molecular flexibility index (Phi) is 5.94. The second-order valence-corrected chi connectivity index (χ2v) is 9.91. The summed E-state index contributed by atoms with van der Waals surface area (Å²) < 4.78 is 40.9. The molecular weight excluding hydrogens is 452 g/mol. The van der Waals surface area contributed by atoms with Crippen molar-refractivity contribution in [1.29, 1.82) is 0 Å². The zero-order valence-corrected chi connectivity index (χ0v) is 18.3. The Balaban J connectivity index is 1.50. The van der Waals surface area contributed by atoms with Crippen molar-refractivity contribution in [2.45, 2.75) is 23.8 Å². The number of carbonyl (C=O) groups excluding carboxylic acids is 1. The number of sulfonamides is 1. The van der Waals surface area contributed by atoms with Gasteiger partial charge in [0.05, 0.1) is 15.6 Å². The molecule has 6 nitrogen and oxygen atoms in total. The second-order valence-electron chi connectivity index (χ2n) is 7.41. The standard InChI is InChI=1S/C20H20Cl2FN3O3S/c21-17-12-18(22)19(30(28,29)24-14-3-4-14)11-16(17)20(27)26-9-7-25(8-10-26)15-5-1-13(23)2-6-15/h1-2,5-6,11-12,14,24H,3-4,7-10H2. The molecule has 1 amide bonds. The van der Waals surface area contributed by atoms with Crippen LogP contribution in [0.3, 0.4) is 0 Å². The van der Waals surface area contributed by atoms with E-state index < -0.39 is 10.0 Å². The number of hydrogen-bond donors (Lipinski definition) is 1. The zero-order valence-electron chi connectivity index (χ0n) is 15.9. The smallest absolute Gasteiger partial charge is 0.255 e. The normalized spacial score (nSPS) is 17.3. The Labute approximate surface area is 184 Å². The molecule has 1 aliphatic carbocycles. The number of benzene rings is 2. The van der Waals surface area contributed by atoms with Crippen molar-refractivity contribution in [2.24, 2.45) is 0 Å². The maximum atomic E-state index is 13.1. The number of piperazine rings is 1. The van der Waals surface area contributed by atoms with Crippen LogP contribution in [-0.4, -0.2) is 51.4 Å². The molecule has 4 rings (SSSR count). The van der Waals surface area contributed by atoms with Gasteiger partial charge in [-0.3, -0.25) is 4.79 Å².